The number of nitrogens with two attached hydrogens (primary N) is 2. The Morgan fingerprint density at radius 1 is 0.533 bits per heavy atom. The van der Waals surface area contributed by atoms with Crippen molar-refractivity contribution in [3.63, 3.8) is 0 Å². The summed E-state index contributed by atoms with van der Waals surface area (Å²) in [6.45, 7) is 11.2. The molecule has 10 atom stereocenters. The molecule has 11 amide bonds. The molecule has 506 valence electrons. The second-order valence-electron chi connectivity index (χ2n) is 22.9. The number of rotatable bonds is 39. The molecular weight excluding hydrogens is 1230 g/mol. The summed E-state index contributed by atoms with van der Waals surface area (Å²) in [5, 5.41) is 43.1. The number of aliphatic hydroxyl groups is 2. The summed E-state index contributed by atoms with van der Waals surface area (Å²) < 4.78 is 10.7. The number of alkyl carbamates (subject to hydrolysis) is 1. The van der Waals surface area contributed by atoms with E-state index >= 15 is 0 Å². The molecule has 0 radical (unpaired) electrons. The van der Waals surface area contributed by atoms with Crippen molar-refractivity contribution in [2.24, 2.45) is 23.4 Å². The molecule has 3 aromatic rings. The van der Waals surface area contributed by atoms with Crippen LogP contribution in [0.3, 0.4) is 0 Å². The van der Waals surface area contributed by atoms with Gasteiger partial charge < -0.3 is 73.3 Å². The van der Waals surface area contributed by atoms with Crippen LogP contribution in [0.4, 0.5) is 4.79 Å². The average Bonchev–Trinajstić information content (AvgIpc) is 2.22. The van der Waals surface area contributed by atoms with Crippen molar-refractivity contribution < 1.29 is 77.2 Å². The Balaban J connectivity index is 1.99. The quantitative estimate of drug-likeness (QED) is 0.0156. The fraction of sp³-hybridized carbons (Fsp3) is 0.516. The van der Waals surface area contributed by atoms with Crippen molar-refractivity contribution in [1.29, 1.82) is 0 Å². The molecule has 0 fully saturated rings. The lowest BCUT2D eigenvalue weighted by atomic mass is 9.96. The highest BCUT2D eigenvalue weighted by molar-refractivity contribution is 7.98. The summed E-state index contributed by atoms with van der Waals surface area (Å²) in [6.07, 6.45) is -3.95. The van der Waals surface area contributed by atoms with E-state index < -0.39 is 182 Å². The highest BCUT2D eigenvalue weighted by atomic mass is 32.2. The van der Waals surface area contributed by atoms with Gasteiger partial charge in [0.1, 0.15) is 67.1 Å². The van der Waals surface area contributed by atoms with Crippen LogP contribution in [0.2, 0.25) is 0 Å². The van der Waals surface area contributed by atoms with Crippen molar-refractivity contribution in [1.82, 2.24) is 53.3 Å². The predicted molar refractivity (Wildman–Crippen MR) is 344 cm³/mol. The molecule has 0 heterocycles. The van der Waals surface area contributed by atoms with Gasteiger partial charge in [-0.2, -0.15) is 23.5 Å². The number of hydrogen-bond donors (Lipinski definition) is 14. The number of primary amides is 1. The first-order valence-electron chi connectivity index (χ1n) is 29.9. The second kappa shape index (κ2) is 40.5. The van der Waals surface area contributed by atoms with Crippen molar-refractivity contribution >= 4 is 94.7 Å². The van der Waals surface area contributed by atoms with Crippen molar-refractivity contribution in [3.8, 4) is 0 Å². The molecular formula is C62H90N12O16S2. The van der Waals surface area contributed by atoms with Crippen LogP contribution in [0.5, 0.6) is 0 Å². The minimum absolute atomic E-state index is 0.0610. The van der Waals surface area contributed by atoms with E-state index in [9.17, 15) is 67.7 Å². The molecule has 3 aromatic carbocycles. The molecule has 0 spiro atoms. The van der Waals surface area contributed by atoms with Gasteiger partial charge in [0, 0.05) is 35.9 Å². The number of carbonyl (C=O) groups excluding carboxylic acids is 12. The van der Waals surface area contributed by atoms with E-state index in [-0.39, 0.29) is 18.1 Å². The van der Waals surface area contributed by atoms with Gasteiger partial charge in [-0.25, -0.2) is 10.6 Å². The molecule has 0 saturated carbocycles. The van der Waals surface area contributed by atoms with Crippen LogP contribution < -0.4 is 64.9 Å². The number of hydrogen-bond acceptors (Lipinski definition) is 19. The highest BCUT2D eigenvalue weighted by Gasteiger charge is 2.37. The molecule has 0 aromatic heterocycles. The Morgan fingerprint density at radius 2 is 0.957 bits per heavy atom. The average molecular weight is 1320 g/mol. The van der Waals surface area contributed by atoms with Crippen LogP contribution in [0.1, 0.15) is 104 Å². The van der Waals surface area contributed by atoms with Gasteiger partial charge in [-0.05, 0) is 69.1 Å². The van der Waals surface area contributed by atoms with E-state index in [1.165, 1.54) is 30.4 Å². The Bertz CT molecular complexity index is 2910. The maximum absolute atomic E-state index is 14.7. The third-order valence-corrected chi connectivity index (χ3v) is 16.0. The van der Waals surface area contributed by atoms with Gasteiger partial charge in [0.05, 0.1) is 12.7 Å². The number of hydrazine groups is 1. The van der Waals surface area contributed by atoms with Crippen LogP contribution in [-0.4, -0.2) is 166 Å². The van der Waals surface area contributed by atoms with Crippen molar-refractivity contribution in [2.75, 3.05) is 24.7 Å². The van der Waals surface area contributed by atoms with Gasteiger partial charge in [-0.3, -0.25) is 58.2 Å². The minimum atomic E-state index is -1.75. The summed E-state index contributed by atoms with van der Waals surface area (Å²) in [5.41, 5.74) is 8.79. The number of carbonyl (C=O) groups is 12. The molecule has 92 heavy (non-hydrogen) atoms. The normalized spacial score (nSPS) is 14.4. The minimum Gasteiger partial charge on any atom is -0.460 e. The molecule has 0 bridgehead atoms. The Labute approximate surface area is 544 Å². The van der Waals surface area contributed by atoms with Gasteiger partial charge in [-0.15, -0.1) is 0 Å². The number of ether oxygens (including phenoxy) is 2. The van der Waals surface area contributed by atoms with E-state index in [4.69, 9.17) is 21.1 Å². The summed E-state index contributed by atoms with van der Waals surface area (Å²) in [4.78, 5) is 164. The lowest BCUT2D eigenvalue weighted by molar-refractivity contribution is -0.155. The number of esters is 1. The van der Waals surface area contributed by atoms with E-state index in [2.05, 4.69) is 47.9 Å². The molecule has 0 saturated heterocycles. The first kappa shape index (κ1) is 77.9. The standard InChI is InChI=1S/C62H90N12O16S2/c1-9-37(4)51(71-48(78)29-65-61(88)89-31-39-19-13-10-14-20-39)59(86)72-50(36(2)3)58(85)67-43(26-28-49(79)90-62(6,7)8)53(80)66-42(25-27-47(63)77)54(81)69-45(34-91-32-40-21-15-11-16-22-40)55(82)70-46(35-92-33-41-23-17-12-18-24-41)56(83)73-52(38(5)76)60(87)68-44(30-75)57(84)74-64/h10-24,36-38,42-46,50-52,75-76H,9,25-35,64H2,1-8H3,(H2,63,77)(H,65,88)(H,66,80)(H,67,85)(H,68,87)(H,69,81)(H,70,82)(H,71,78)(H,72,86)(H,73,83)(H,74,84)/t37-,38+,42-,43-,44-,45-,46-,50-,51-,52-/m0/s1. The van der Waals surface area contributed by atoms with Crippen molar-refractivity contribution in [3.05, 3.63) is 108 Å². The fourth-order valence-corrected chi connectivity index (χ4v) is 10.5. The topological polar surface area (TPSA) is 436 Å². The van der Waals surface area contributed by atoms with Crippen LogP contribution in [-0.2, 0) is 80.3 Å². The first-order valence-corrected chi connectivity index (χ1v) is 32.3. The van der Waals surface area contributed by atoms with Gasteiger partial charge in [0.15, 0.2) is 0 Å². The molecule has 0 aliphatic carbocycles. The van der Waals surface area contributed by atoms with Crippen molar-refractivity contribution in [2.45, 2.75) is 166 Å². The van der Waals surface area contributed by atoms with Gasteiger partial charge in [-0.1, -0.05) is 125 Å². The highest BCUT2D eigenvalue weighted by Crippen LogP contribution is 2.18. The molecule has 0 aliphatic heterocycles. The largest absolute Gasteiger partial charge is 0.460 e. The SMILES string of the molecule is CC[C@H](C)[C@H](NC(=O)CNC(=O)OCc1ccccc1)C(=O)N[C@H](C(=O)N[C@@H](CCC(=O)OC(C)(C)C)C(=O)N[C@@H](CCC(N)=O)C(=O)N[C@@H](CSCc1ccccc1)C(=O)N[C@@H](CSCc1ccccc1)C(=O)N[C@H](C(=O)N[C@@H](CO)C(=O)NN)[C@@H](C)O)C(C)C. The maximum Gasteiger partial charge on any atom is 0.407 e. The lowest BCUT2D eigenvalue weighted by Gasteiger charge is -2.30. The zero-order valence-corrected chi connectivity index (χ0v) is 54.7. The van der Waals surface area contributed by atoms with Gasteiger partial charge in [0.2, 0.25) is 53.2 Å². The number of nitrogens with one attached hydrogen (secondary N) is 10. The lowest BCUT2D eigenvalue weighted by Crippen LogP contribution is -2.62. The zero-order chi connectivity index (χ0) is 68.5. The fourth-order valence-electron chi connectivity index (χ4n) is 8.51. The van der Waals surface area contributed by atoms with Crippen LogP contribution in [0, 0.1) is 11.8 Å². The number of aliphatic hydroxyl groups excluding tert-OH is 2. The molecule has 3 rings (SSSR count). The molecule has 28 nitrogen and oxygen atoms in total. The van der Waals surface area contributed by atoms with E-state index in [0.29, 0.717) is 23.5 Å². The second-order valence-corrected chi connectivity index (χ2v) is 25.0. The summed E-state index contributed by atoms with van der Waals surface area (Å²) in [7, 11) is 0. The smallest absolute Gasteiger partial charge is 0.407 e. The number of amides is 11. The number of benzene rings is 3. The van der Waals surface area contributed by atoms with E-state index in [1.54, 1.807) is 115 Å². The Kier molecular flexibility index (Phi) is 34.3. The molecule has 30 heteroatoms. The summed E-state index contributed by atoms with van der Waals surface area (Å²) in [5.74, 6) is -5.87. The Hall–Kier alpha value is -8.32. The number of thioether (sulfide) groups is 2. The van der Waals surface area contributed by atoms with E-state index in [0.717, 1.165) is 11.1 Å². The first-order chi connectivity index (χ1) is 43.5. The maximum atomic E-state index is 14.7. The predicted octanol–water partition coefficient (Wildman–Crippen LogP) is 0.110. The summed E-state index contributed by atoms with van der Waals surface area (Å²) in [6, 6.07) is 14.7. The molecule has 0 aliphatic rings. The van der Waals surface area contributed by atoms with E-state index in [1.807, 2.05) is 30.3 Å². The van der Waals surface area contributed by atoms with Gasteiger partial charge in [0.25, 0.3) is 5.91 Å². The zero-order valence-electron chi connectivity index (χ0n) is 53.1. The summed E-state index contributed by atoms with van der Waals surface area (Å²) >= 11 is 2.41. The van der Waals surface area contributed by atoms with Crippen LogP contribution in [0.15, 0.2) is 91.0 Å². The third kappa shape index (κ3) is 29.3. The molecule has 0 unspecified atom stereocenters. The van der Waals surface area contributed by atoms with Gasteiger partial charge >= 0.3 is 12.1 Å². The monoisotopic (exact) mass is 1320 g/mol. The van der Waals surface area contributed by atoms with Crippen LogP contribution >= 0.6 is 23.5 Å². The third-order valence-electron chi connectivity index (χ3n) is 13.7. The van der Waals surface area contributed by atoms with Crippen LogP contribution in [0.25, 0.3) is 0 Å². The Morgan fingerprint density at radius 3 is 1.41 bits per heavy atom. The molecule has 16 N–H and O–H groups in total.